The van der Waals surface area contributed by atoms with Gasteiger partial charge in [-0.2, -0.15) is 0 Å². The quantitative estimate of drug-likeness (QED) is 0.796. The molecule has 0 N–H and O–H groups in total. The third-order valence-electron chi connectivity index (χ3n) is 6.23. The zero-order valence-electron chi connectivity index (χ0n) is 16.0. The number of ether oxygens (including phenoxy) is 1. The molecule has 27 heavy (non-hydrogen) atoms. The lowest BCUT2D eigenvalue weighted by atomic mass is 9.91. The summed E-state index contributed by atoms with van der Waals surface area (Å²) in [7, 11) is 0. The van der Waals surface area contributed by atoms with Crippen molar-refractivity contribution >= 4 is 17.5 Å². The highest BCUT2D eigenvalue weighted by Gasteiger charge is 2.50. The van der Waals surface area contributed by atoms with Crippen molar-refractivity contribution in [2.45, 2.75) is 31.7 Å². The van der Waals surface area contributed by atoms with Crippen LogP contribution >= 0.6 is 0 Å². The van der Waals surface area contributed by atoms with E-state index in [1.54, 1.807) is 19.3 Å². The molecule has 0 radical (unpaired) electrons. The highest BCUT2D eigenvalue weighted by Crippen LogP contribution is 2.35. The van der Waals surface area contributed by atoms with Gasteiger partial charge < -0.3 is 19.4 Å². The van der Waals surface area contributed by atoms with Crippen molar-refractivity contribution in [3.8, 4) is 0 Å². The van der Waals surface area contributed by atoms with Crippen LogP contribution in [0.1, 0.15) is 26.2 Å². The highest BCUT2D eigenvalue weighted by molar-refractivity contribution is 5.98. The summed E-state index contributed by atoms with van der Waals surface area (Å²) in [6, 6.07) is 3.76. The first-order valence-electron chi connectivity index (χ1n) is 9.86. The second-order valence-electron chi connectivity index (χ2n) is 8.06. The van der Waals surface area contributed by atoms with Crippen molar-refractivity contribution in [2.75, 3.05) is 50.8 Å². The van der Waals surface area contributed by atoms with Crippen LogP contribution in [0, 0.1) is 5.92 Å². The molecule has 2 amide bonds. The van der Waals surface area contributed by atoms with E-state index < -0.39 is 0 Å². The molecule has 0 bridgehead atoms. The van der Waals surface area contributed by atoms with Crippen molar-refractivity contribution in [1.82, 2.24) is 14.8 Å². The summed E-state index contributed by atoms with van der Waals surface area (Å²) < 4.78 is 5.48. The maximum Gasteiger partial charge on any atom is 0.246 e. The third kappa shape index (κ3) is 3.71. The highest BCUT2D eigenvalue weighted by atomic mass is 16.5. The minimum absolute atomic E-state index is 0.0119. The fourth-order valence-electron chi connectivity index (χ4n) is 4.79. The summed E-state index contributed by atoms with van der Waals surface area (Å²) in [6.07, 6.45) is 6.56. The number of carbonyl (C=O) groups is 2. The Labute approximate surface area is 160 Å². The first kappa shape index (κ1) is 18.4. The Morgan fingerprint density at radius 3 is 2.85 bits per heavy atom. The average molecular weight is 372 g/mol. The number of hydrogen-bond donors (Lipinski definition) is 0. The van der Waals surface area contributed by atoms with Crippen LogP contribution in [0.5, 0.6) is 0 Å². The Morgan fingerprint density at radius 1 is 1.33 bits per heavy atom. The van der Waals surface area contributed by atoms with Gasteiger partial charge in [-0.05, 0) is 37.3 Å². The van der Waals surface area contributed by atoms with Gasteiger partial charge in [-0.3, -0.25) is 14.6 Å². The van der Waals surface area contributed by atoms with E-state index in [1.807, 2.05) is 21.9 Å². The molecule has 1 atom stereocenters. The summed E-state index contributed by atoms with van der Waals surface area (Å²) >= 11 is 0. The van der Waals surface area contributed by atoms with Crippen LogP contribution in [0.3, 0.4) is 0 Å². The van der Waals surface area contributed by atoms with Gasteiger partial charge in [-0.1, -0.05) is 0 Å². The molecule has 1 aromatic heterocycles. The van der Waals surface area contributed by atoms with Crippen molar-refractivity contribution < 1.29 is 14.3 Å². The number of hydrogen-bond acceptors (Lipinski definition) is 5. The molecule has 3 fully saturated rings. The smallest absolute Gasteiger partial charge is 0.246 e. The number of nitrogens with zero attached hydrogens (tertiary/aromatic N) is 4. The van der Waals surface area contributed by atoms with E-state index in [-0.39, 0.29) is 23.9 Å². The Bertz CT molecular complexity index is 692. The summed E-state index contributed by atoms with van der Waals surface area (Å²) in [6.45, 7) is 6.83. The van der Waals surface area contributed by atoms with Crippen LogP contribution in [-0.4, -0.2) is 78.1 Å². The fraction of sp³-hybridized carbons (Fsp3) is 0.650. The maximum absolute atomic E-state index is 12.7. The van der Waals surface area contributed by atoms with Gasteiger partial charge in [0, 0.05) is 46.0 Å². The average Bonchev–Trinajstić information content (AvgIpc) is 3.07. The molecule has 3 aliphatic rings. The van der Waals surface area contributed by atoms with Gasteiger partial charge in [-0.25, -0.2) is 0 Å². The summed E-state index contributed by atoms with van der Waals surface area (Å²) in [5.41, 5.74) is 0.508. The molecule has 0 aromatic carbocycles. The second kappa shape index (κ2) is 7.56. The van der Waals surface area contributed by atoms with Crippen molar-refractivity contribution in [1.29, 1.82) is 0 Å². The molecule has 1 aromatic rings. The van der Waals surface area contributed by atoms with Crippen molar-refractivity contribution in [3.05, 3.63) is 24.5 Å². The van der Waals surface area contributed by atoms with Crippen LogP contribution in [0.25, 0.3) is 0 Å². The molecule has 3 aliphatic heterocycles. The fourth-order valence-corrected chi connectivity index (χ4v) is 4.79. The molecule has 0 saturated carbocycles. The van der Waals surface area contributed by atoms with E-state index in [0.717, 1.165) is 57.8 Å². The van der Waals surface area contributed by atoms with Crippen LogP contribution in [0.2, 0.25) is 0 Å². The molecular formula is C20H28N4O3. The predicted molar refractivity (Wildman–Crippen MR) is 101 cm³/mol. The van der Waals surface area contributed by atoms with E-state index in [9.17, 15) is 9.59 Å². The Balaban J connectivity index is 1.52. The van der Waals surface area contributed by atoms with Gasteiger partial charge in [-0.15, -0.1) is 0 Å². The molecule has 1 spiro atoms. The zero-order chi connectivity index (χ0) is 18.9. The minimum atomic E-state index is -0.305. The van der Waals surface area contributed by atoms with Crippen molar-refractivity contribution in [3.63, 3.8) is 0 Å². The molecule has 7 nitrogen and oxygen atoms in total. The number of carbonyl (C=O) groups excluding carboxylic acids is 2. The second-order valence-corrected chi connectivity index (χ2v) is 8.06. The van der Waals surface area contributed by atoms with E-state index in [1.165, 1.54) is 0 Å². The van der Waals surface area contributed by atoms with E-state index in [0.29, 0.717) is 12.5 Å². The normalized spacial score (nSPS) is 27.5. The van der Waals surface area contributed by atoms with E-state index >= 15 is 0 Å². The number of aromatic nitrogens is 1. The Hall–Kier alpha value is -1.99. The molecular weight excluding hydrogens is 344 g/mol. The lowest BCUT2D eigenvalue weighted by Gasteiger charge is -2.48. The third-order valence-corrected chi connectivity index (χ3v) is 6.23. The SMILES string of the molecule is CC(=O)N1CC(=O)N(c2cccnc2)C[C@]12CCN(CC1CCOCC1)C2. The van der Waals surface area contributed by atoms with Gasteiger partial charge in [0.15, 0.2) is 0 Å². The predicted octanol–water partition coefficient (Wildman–Crippen LogP) is 1.15. The van der Waals surface area contributed by atoms with E-state index in [4.69, 9.17) is 4.74 Å². The van der Waals surface area contributed by atoms with Gasteiger partial charge in [0.05, 0.1) is 24.0 Å². The topological polar surface area (TPSA) is 66.0 Å². The maximum atomic E-state index is 12.7. The minimum Gasteiger partial charge on any atom is -0.381 e. The molecule has 0 aliphatic carbocycles. The summed E-state index contributed by atoms with van der Waals surface area (Å²) in [5.74, 6) is 0.619. The van der Waals surface area contributed by atoms with Gasteiger partial charge in [0.2, 0.25) is 11.8 Å². The van der Waals surface area contributed by atoms with Crippen molar-refractivity contribution in [2.24, 2.45) is 5.92 Å². The molecule has 3 saturated heterocycles. The van der Waals surface area contributed by atoms with Gasteiger partial charge in [0.1, 0.15) is 6.54 Å². The Kier molecular flexibility index (Phi) is 5.14. The Morgan fingerprint density at radius 2 is 2.15 bits per heavy atom. The molecule has 146 valence electrons. The number of amides is 2. The number of piperazine rings is 1. The van der Waals surface area contributed by atoms with Crippen LogP contribution in [0.15, 0.2) is 24.5 Å². The van der Waals surface area contributed by atoms with Gasteiger partial charge in [0.25, 0.3) is 0 Å². The zero-order valence-corrected chi connectivity index (χ0v) is 16.0. The number of pyridine rings is 1. The van der Waals surface area contributed by atoms with Crippen LogP contribution in [0.4, 0.5) is 5.69 Å². The molecule has 4 rings (SSSR count). The van der Waals surface area contributed by atoms with Gasteiger partial charge >= 0.3 is 0 Å². The molecule has 4 heterocycles. The first-order chi connectivity index (χ1) is 13.1. The lowest BCUT2D eigenvalue weighted by Crippen LogP contribution is -2.66. The van der Waals surface area contributed by atoms with E-state index in [2.05, 4.69) is 9.88 Å². The largest absolute Gasteiger partial charge is 0.381 e. The number of anilines is 1. The monoisotopic (exact) mass is 372 g/mol. The van der Waals surface area contributed by atoms with Crippen LogP contribution in [-0.2, 0) is 14.3 Å². The molecule has 7 heteroatoms. The summed E-state index contributed by atoms with van der Waals surface area (Å²) in [5, 5.41) is 0. The first-order valence-corrected chi connectivity index (χ1v) is 9.86. The molecule has 0 unspecified atom stereocenters. The number of likely N-dealkylation sites (tertiary alicyclic amines) is 1. The van der Waals surface area contributed by atoms with Crippen LogP contribution < -0.4 is 4.90 Å². The number of rotatable bonds is 3. The lowest BCUT2D eigenvalue weighted by molar-refractivity contribution is -0.142. The standard InChI is InChI=1S/C20H28N4O3/c1-16(25)24-13-19(26)23(18-3-2-7-21-11-18)15-20(24)6-8-22(14-20)12-17-4-9-27-10-5-17/h2-3,7,11,17H,4-6,8-10,12-15H2,1H3/t20-/m1/s1. The summed E-state index contributed by atoms with van der Waals surface area (Å²) in [4.78, 5) is 35.3.